The molecule has 3 aromatic rings. The Morgan fingerprint density at radius 3 is 2.85 bits per heavy atom. The van der Waals surface area contributed by atoms with Crippen molar-refractivity contribution in [3.8, 4) is 10.8 Å². The van der Waals surface area contributed by atoms with Crippen molar-refractivity contribution < 1.29 is 8.81 Å². The summed E-state index contributed by atoms with van der Waals surface area (Å²) in [7, 11) is 0. The Kier molecular flexibility index (Phi) is 8.23. The lowest BCUT2D eigenvalue weighted by Gasteiger charge is -2.10. The average molecular weight is 500 g/mol. The van der Waals surface area contributed by atoms with E-state index in [-0.39, 0.29) is 29.8 Å². The van der Waals surface area contributed by atoms with Gasteiger partial charge in [-0.25, -0.2) is 14.4 Å². The Labute approximate surface area is 179 Å². The van der Waals surface area contributed by atoms with Crippen LogP contribution in [0.4, 0.5) is 4.39 Å². The molecule has 0 aliphatic rings. The lowest BCUT2D eigenvalue weighted by atomic mass is 10.1. The molecule has 1 aromatic carbocycles. The minimum Gasteiger partial charge on any atom is -0.443 e. The van der Waals surface area contributed by atoms with Gasteiger partial charge >= 0.3 is 0 Å². The summed E-state index contributed by atoms with van der Waals surface area (Å²) >= 11 is 1.59. The molecule has 0 atom stereocenters. The van der Waals surface area contributed by atoms with E-state index >= 15 is 0 Å². The molecule has 0 fully saturated rings. The van der Waals surface area contributed by atoms with Gasteiger partial charge < -0.3 is 15.1 Å². The molecule has 0 unspecified atom stereocenters. The van der Waals surface area contributed by atoms with Crippen LogP contribution < -0.4 is 10.6 Å². The lowest BCUT2D eigenvalue weighted by molar-refractivity contribution is 0.573. The van der Waals surface area contributed by atoms with E-state index in [1.165, 1.54) is 6.07 Å². The first kappa shape index (κ1) is 21.4. The molecule has 8 heteroatoms. The van der Waals surface area contributed by atoms with E-state index in [4.69, 9.17) is 4.42 Å². The third-order valence-electron chi connectivity index (χ3n) is 3.72. The van der Waals surface area contributed by atoms with Crippen molar-refractivity contribution in [2.75, 3.05) is 6.54 Å². The molecule has 0 saturated heterocycles. The number of aromatic nitrogens is 1. The topological polar surface area (TPSA) is 62.5 Å². The summed E-state index contributed by atoms with van der Waals surface area (Å²) in [6, 6.07) is 9.11. The second kappa shape index (κ2) is 10.4. The Balaban J connectivity index is 0.00000261. The van der Waals surface area contributed by atoms with Gasteiger partial charge in [-0.3, -0.25) is 0 Å². The van der Waals surface area contributed by atoms with E-state index in [1.807, 2.05) is 30.5 Å². The zero-order valence-electron chi connectivity index (χ0n) is 15.2. The highest BCUT2D eigenvalue weighted by molar-refractivity contribution is 14.0. The summed E-state index contributed by atoms with van der Waals surface area (Å²) in [5.74, 6) is 1.06. The maximum Gasteiger partial charge on any atom is 0.236 e. The summed E-state index contributed by atoms with van der Waals surface area (Å²) in [6.45, 7) is 5.35. The van der Waals surface area contributed by atoms with E-state index in [0.29, 0.717) is 30.5 Å². The van der Waals surface area contributed by atoms with Gasteiger partial charge in [-0.15, -0.1) is 35.3 Å². The number of nitrogens with zero attached hydrogens (tertiary/aromatic N) is 2. The molecule has 2 N–H and O–H groups in total. The van der Waals surface area contributed by atoms with Crippen LogP contribution in [0.15, 0.2) is 51.4 Å². The van der Waals surface area contributed by atoms with E-state index in [9.17, 15) is 4.39 Å². The molecular formula is C19H22FIN4OS. The number of nitrogens with one attached hydrogen (secondary N) is 2. The number of halogens is 2. The number of rotatable bonds is 6. The predicted molar refractivity (Wildman–Crippen MR) is 118 cm³/mol. The summed E-state index contributed by atoms with van der Waals surface area (Å²) in [6.07, 6.45) is 1.64. The third-order valence-corrected chi connectivity index (χ3v) is 4.58. The van der Waals surface area contributed by atoms with Gasteiger partial charge in [0.15, 0.2) is 5.96 Å². The first-order valence-corrected chi connectivity index (χ1v) is 9.29. The SMILES string of the molecule is CCNC(=NCc1ccc(C)c(F)c1)NCc1coc(-c2cccs2)n1.I. The second-order valence-electron chi connectivity index (χ2n) is 5.75. The van der Waals surface area contributed by atoms with Crippen LogP contribution in [0.1, 0.15) is 23.7 Å². The molecule has 27 heavy (non-hydrogen) atoms. The maximum atomic E-state index is 13.6. The van der Waals surface area contributed by atoms with Crippen molar-refractivity contribution in [1.82, 2.24) is 15.6 Å². The van der Waals surface area contributed by atoms with Crippen LogP contribution >= 0.6 is 35.3 Å². The highest BCUT2D eigenvalue weighted by Crippen LogP contribution is 2.23. The number of guanidine groups is 1. The molecule has 2 heterocycles. The van der Waals surface area contributed by atoms with Gasteiger partial charge in [-0.05, 0) is 42.5 Å². The van der Waals surface area contributed by atoms with Gasteiger partial charge in [0.1, 0.15) is 12.1 Å². The molecule has 0 radical (unpaired) electrons. The third kappa shape index (κ3) is 6.03. The molecule has 0 aliphatic carbocycles. The van der Waals surface area contributed by atoms with Crippen LogP contribution in [0.2, 0.25) is 0 Å². The van der Waals surface area contributed by atoms with E-state index < -0.39 is 0 Å². The largest absolute Gasteiger partial charge is 0.443 e. The van der Waals surface area contributed by atoms with Crippen LogP contribution in [0.5, 0.6) is 0 Å². The van der Waals surface area contributed by atoms with Crippen LogP contribution in [0.3, 0.4) is 0 Å². The van der Waals surface area contributed by atoms with Gasteiger partial charge in [0, 0.05) is 6.54 Å². The number of aliphatic imine (C=N–C) groups is 1. The average Bonchev–Trinajstić information content (AvgIpc) is 3.31. The molecule has 2 aromatic heterocycles. The van der Waals surface area contributed by atoms with Crippen LogP contribution in [-0.4, -0.2) is 17.5 Å². The maximum absolute atomic E-state index is 13.6. The fourth-order valence-corrected chi connectivity index (χ4v) is 2.98. The summed E-state index contributed by atoms with van der Waals surface area (Å²) in [5, 5.41) is 8.38. The van der Waals surface area contributed by atoms with Crippen LogP contribution in [0, 0.1) is 12.7 Å². The lowest BCUT2D eigenvalue weighted by Crippen LogP contribution is -2.36. The molecular weight excluding hydrogens is 478 g/mol. The Morgan fingerprint density at radius 2 is 2.15 bits per heavy atom. The van der Waals surface area contributed by atoms with Crippen molar-refractivity contribution in [2.24, 2.45) is 4.99 Å². The van der Waals surface area contributed by atoms with E-state index in [2.05, 4.69) is 20.6 Å². The van der Waals surface area contributed by atoms with E-state index in [0.717, 1.165) is 22.7 Å². The summed E-state index contributed by atoms with van der Waals surface area (Å²) in [4.78, 5) is 9.97. The predicted octanol–water partition coefficient (Wildman–Crippen LogP) is 4.72. The van der Waals surface area contributed by atoms with Gasteiger partial charge in [0.25, 0.3) is 0 Å². The Morgan fingerprint density at radius 1 is 1.30 bits per heavy atom. The molecule has 0 amide bonds. The second-order valence-corrected chi connectivity index (χ2v) is 6.70. The number of thiophene rings is 1. The smallest absolute Gasteiger partial charge is 0.236 e. The normalized spacial score (nSPS) is 11.1. The van der Waals surface area contributed by atoms with Gasteiger partial charge in [-0.2, -0.15) is 0 Å². The number of hydrogen-bond acceptors (Lipinski definition) is 4. The number of hydrogen-bond donors (Lipinski definition) is 2. The summed E-state index contributed by atoms with van der Waals surface area (Å²) < 4.78 is 19.2. The first-order chi connectivity index (χ1) is 12.7. The zero-order valence-corrected chi connectivity index (χ0v) is 18.3. The molecule has 0 aliphatic heterocycles. The quantitative estimate of drug-likeness (QED) is 0.292. The fourth-order valence-electron chi connectivity index (χ4n) is 2.32. The van der Waals surface area contributed by atoms with E-state index in [1.54, 1.807) is 30.6 Å². The fraction of sp³-hybridized carbons (Fsp3) is 0.263. The van der Waals surface area contributed by atoms with Crippen molar-refractivity contribution >= 4 is 41.3 Å². The Hall–Kier alpha value is -1.94. The summed E-state index contributed by atoms with van der Waals surface area (Å²) in [5.41, 5.74) is 2.25. The number of benzene rings is 1. The van der Waals surface area contributed by atoms with Crippen molar-refractivity contribution in [2.45, 2.75) is 26.9 Å². The van der Waals surface area contributed by atoms with Gasteiger partial charge in [0.2, 0.25) is 5.89 Å². The van der Waals surface area contributed by atoms with Crippen molar-refractivity contribution in [3.05, 3.63) is 64.6 Å². The van der Waals surface area contributed by atoms with Crippen molar-refractivity contribution in [3.63, 3.8) is 0 Å². The minimum absolute atomic E-state index is 0. The molecule has 5 nitrogen and oxygen atoms in total. The van der Waals surface area contributed by atoms with Gasteiger partial charge in [0.05, 0.1) is 23.7 Å². The Bertz CT molecular complexity index is 880. The zero-order chi connectivity index (χ0) is 18.4. The monoisotopic (exact) mass is 500 g/mol. The van der Waals surface area contributed by atoms with Crippen LogP contribution in [0.25, 0.3) is 10.8 Å². The molecule has 0 bridgehead atoms. The number of oxazole rings is 1. The van der Waals surface area contributed by atoms with Crippen LogP contribution in [-0.2, 0) is 13.1 Å². The van der Waals surface area contributed by atoms with Gasteiger partial charge in [-0.1, -0.05) is 18.2 Å². The highest BCUT2D eigenvalue weighted by Gasteiger charge is 2.08. The molecule has 0 spiro atoms. The first-order valence-electron chi connectivity index (χ1n) is 8.41. The minimum atomic E-state index is -0.209. The standard InChI is InChI=1S/C19H21FN4OS.HI/c1-3-21-19(22-10-14-7-6-13(2)16(20)9-14)23-11-15-12-25-18(24-15)17-5-4-8-26-17;/h4-9,12H,3,10-11H2,1-2H3,(H2,21,22,23);1H. The molecule has 0 saturated carbocycles. The molecule has 144 valence electrons. The van der Waals surface area contributed by atoms with Crippen molar-refractivity contribution in [1.29, 1.82) is 0 Å². The number of aryl methyl sites for hydroxylation is 1. The molecule has 3 rings (SSSR count). The highest BCUT2D eigenvalue weighted by atomic mass is 127.